The Balaban J connectivity index is 2.23. The van der Waals surface area contributed by atoms with Crippen molar-refractivity contribution < 1.29 is 4.92 Å². The molecule has 0 spiro atoms. The number of nitro groups is 1. The van der Waals surface area contributed by atoms with Gasteiger partial charge >= 0.3 is 0 Å². The number of rotatable bonds is 3. The lowest BCUT2D eigenvalue weighted by Crippen LogP contribution is -2.10. The normalized spacial score (nSPS) is 10.7. The van der Waals surface area contributed by atoms with Gasteiger partial charge in [-0.1, -0.05) is 12.1 Å². The highest BCUT2D eigenvalue weighted by Crippen LogP contribution is 2.22. The molecule has 8 nitrogen and oxygen atoms in total. The number of hydrogen-bond donors (Lipinski definition) is 2. The van der Waals surface area contributed by atoms with Crippen LogP contribution < -0.4 is 11.3 Å². The van der Waals surface area contributed by atoms with Gasteiger partial charge in [0.2, 0.25) is 0 Å². The highest BCUT2D eigenvalue weighted by Gasteiger charge is 2.13. The van der Waals surface area contributed by atoms with Gasteiger partial charge in [0.25, 0.3) is 5.69 Å². The van der Waals surface area contributed by atoms with Crippen molar-refractivity contribution in [3.8, 4) is 5.82 Å². The molecular weight excluding hydrogens is 260 g/mol. The minimum absolute atomic E-state index is 0.0965. The number of nitrogens with two attached hydrogens (primary N) is 1. The van der Waals surface area contributed by atoms with Crippen LogP contribution in [0.2, 0.25) is 0 Å². The van der Waals surface area contributed by atoms with Crippen LogP contribution >= 0.6 is 0 Å². The molecule has 0 aliphatic rings. The Kier molecular flexibility index (Phi) is 2.77. The first kappa shape index (κ1) is 12.1. The molecule has 8 heteroatoms. The number of fused-ring (bicyclic) bond motifs is 1. The van der Waals surface area contributed by atoms with E-state index in [9.17, 15) is 10.1 Å². The van der Waals surface area contributed by atoms with Crippen LogP contribution in [0.1, 0.15) is 0 Å². The highest BCUT2D eigenvalue weighted by atomic mass is 16.6. The fraction of sp³-hybridized carbons (Fsp3) is 0. The Hall–Kier alpha value is -3.00. The van der Waals surface area contributed by atoms with E-state index >= 15 is 0 Å². The third-order valence-corrected chi connectivity index (χ3v) is 2.86. The Labute approximate surface area is 113 Å². The molecule has 0 saturated heterocycles. The maximum absolute atomic E-state index is 10.9. The minimum atomic E-state index is -0.495. The van der Waals surface area contributed by atoms with E-state index in [1.165, 1.54) is 12.1 Å². The van der Waals surface area contributed by atoms with E-state index < -0.39 is 4.92 Å². The maximum Gasteiger partial charge on any atom is 0.276 e. The van der Waals surface area contributed by atoms with Crippen LogP contribution in [0.3, 0.4) is 0 Å². The summed E-state index contributed by atoms with van der Waals surface area (Å²) in [6.07, 6.45) is 1.57. The van der Waals surface area contributed by atoms with E-state index in [0.717, 1.165) is 11.0 Å². The lowest BCUT2D eigenvalue weighted by atomic mass is 10.3. The molecule has 3 rings (SSSR count). The summed E-state index contributed by atoms with van der Waals surface area (Å²) >= 11 is 0. The van der Waals surface area contributed by atoms with Gasteiger partial charge in [-0.2, -0.15) is 0 Å². The summed E-state index contributed by atoms with van der Waals surface area (Å²) in [7, 11) is 0. The number of hydrazine groups is 1. The summed E-state index contributed by atoms with van der Waals surface area (Å²) in [5, 5.41) is 10.9. The molecule has 0 aliphatic carbocycles. The van der Waals surface area contributed by atoms with Gasteiger partial charge in [-0.15, -0.1) is 0 Å². The fourth-order valence-electron chi connectivity index (χ4n) is 1.95. The highest BCUT2D eigenvalue weighted by molar-refractivity contribution is 5.77. The number of pyridine rings is 1. The molecule has 0 unspecified atom stereocenters. The average Bonchev–Trinajstić information content (AvgIpc) is 2.90. The van der Waals surface area contributed by atoms with E-state index in [2.05, 4.69) is 15.4 Å². The average molecular weight is 270 g/mol. The Morgan fingerprint density at radius 2 is 2.10 bits per heavy atom. The number of nitrogens with zero attached hydrogens (tertiary/aromatic N) is 4. The molecule has 0 radical (unpaired) electrons. The molecule has 0 aliphatic heterocycles. The molecule has 0 bridgehead atoms. The Morgan fingerprint density at radius 3 is 2.85 bits per heavy atom. The molecule has 0 fully saturated rings. The van der Waals surface area contributed by atoms with Crippen molar-refractivity contribution >= 4 is 22.5 Å². The van der Waals surface area contributed by atoms with Crippen LogP contribution in [-0.4, -0.2) is 19.5 Å². The molecule has 20 heavy (non-hydrogen) atoms. The minimum Gasteiger partial charge on any atom is -0.308 e. The van der Waals surface area contributed by atoms with Crippen LogP contribution in [0.5, 0.6) is 0 Å². The third kappa shape index (κ3) is 1.93. The van der Waals surface area contributed by atoms with Crippen LogP contribution in [0.15, 0.2) is 42.7 Å². The van der Waals surface area contributed by atoms with E-state index in [4.69, 9.17) is 5.84 Å². The lowest BCUT2D eigenvalue weighted by molar-refractivity contribution is -0.384. The standard InChI is InChI=1S/C12H10N6O2/c13-16-11-5-8(18(19)20)6-12(15-11)17-7-14-9-3-1-2-4-10(9)17/h1-7H,13H2,(H,15,16). The van der Waals surface area contributed by atoms with E-state index in [-0.39, 0.29) is 11.5 Å². The van der Waals surface area contributed by atoms with Crippen molar-refractivity contribution in [3.63, 3.8) is 0 Å². The number of para-hydroxylation sites is 2. The van der Waals surface area contributed by atoms with Gasteiger partial charge in [0.15, 0.2) is 0 Å². The number of imidazole rings is 1. The summed E-state index contributed by atoms with van der Waals surface area (Å²) in [5.74, 6) is 5.88. The molecule has 0 amide bonds. The van der Waals surface area contributed by atoms with Gasteiger partial charge in [-0.05, 0) is 12.1 Å². The number of hydrogen-bond acceptors (Lipinski definition) is 6. The van der Waals surface area contributed by atoms with Gasteiger partial charge in [-0.3, -0.25) is 14.7 Å². The fourth-order valence-corrected chi connectivity index (χ4v) is 1.95. The second-order valence-corrected chi connectivity index (χ2v) is 4.07. The third-order valence-electron chi connectivity index (χ3n) is 2.86. The summed E-state index contributed by atoms with van der Waals surface area (Å²) < 4.78 is 1.67. The quantitative estimate of drug-likeness (QED) is 0.425. The van der Waals surface area contributed by atoms with Crippen LogP contribution in [0, 0.1) is 10.1 Å². The first-order valence-corrected chi connectivity index (χ1v) is 5.74. The van der Waals surface area contributed by atoms with Gasteiger partial charge < -0.3 is 5.43 Å². The number of nitrogen functional groups attached to an aromatic ring is 1. The van der Waals surface area contributed by atoms with Crippen molar-refractivity contribution in [2.45, 2.75) is 0 Å². The van der Waals surface area contributed by atoms with Crippen LogP contribution in [-0.2, 0) is 0 Å². The van der Waals surface area contributed by atoms with E-state index in [0.29, 0.717) is 5.82 Å². The summed E-state index contributed by atoms with van der Waals surface area (Å²) in [5.41, 5.74) is 3.82. The lowest BCUT2D eigenvalue weighted by Gasteiger charge is -2.06. The van der Waals surface area contributed by atoms with Crippen LogP contribution in [0.25, 0.3) is 16.9 Å². The molecule has 1 aromatic carbocycles. The van der Waals surface area contributed by atoms with E-state index in [1.54, 1.807) is 10.9 Å². The van der Waals surface area contributed by atoms with Crippen molar-refractivity contribution in [1.82, 2.24) is 14.5 Å². The molecule has 0 atom stereocenters. The second-order valence-electron chi connectivity index (χ2n) is 4.07. The smallest absolute Gasteiger partial charge is 0.276 e. The largest absolute Gasteiger partial charge is 0.308 e. The zero-order chi connectivity index (χ0) is 14.1. The maximum atomic E-state index is 10.9. The van der Waals surface area contributed by atoms with Gasteiger partial charge in [0.1, 0.15) is 18.0 Å². The van der Waals surface area contributed by atoms with Crippen molar-refractivity contribution in [1.29, 1.82) is 0 Å². The molecule has 3 aromatic rings. The molecule has 100 valence electrons. The van der Waals surface area contributed by atoms with Gasteiger partial charge in [0.05, 0.1) is 28.1 Å². The van der Waals surface area contributed by atoms with Crippen molar-refractivity contribution in [2.75, 3.05) is 5.43 Å². The SMILES string of the molecule is NNc1cc([N+](=O)[O-])cc(-n2cnc3ccccc32)n1. The Morgan fingerprint density at radius 1 is 1.30 bits per heavy atom. The predicted octanol–water partition coefficient (Wildman–Crippen LogP) is 1.61. The van der Waals surface area contributed by atoms with Gasteiger partial charge in [0, 0.05) is 0 Å². The zero-order valence-electron chi connectivity index (χ0n) is 10.2. The first-order valence-electron chi connectivity index (χ1n) is 5.74. The molecular formula is C12H10N6O2. The molecule has 3 N–H and O–H groups in total. The van der Waals surface area contributed by atoms with E-state index in [1.807, 2.05) is 24.3 Å². The Bertz CT molecular complexity index is 797. The number of nitrogens with one attached hydrogen (secondary N) is 1. The predicted molar refractivity (Wildman–Crippen MR) is 73.3 cm³/mol. The first-order chi connectivity index (χ1) is 9.69. The number of aromatic nitrogens is 3. The topological polar surface area (TPSA) is 112 Å². The number of anilines is 1. The summed E-state index contributed by atoms with van der Waals surface area (Å²) in [6.45, 7) is 0. The van der Waals surface area contributed by atoms with Crippen LogP contribution in [0.4, 0.5) is 11.5 Å². The summed E-state index contributed by atoms with van der Waals surface area (Å²) in [6, 6.07) is 10.1. The molecule has 0 saturated carbocycles. The second kappa shape index (κ2) is 4.59. The van der Waals surface area contributed by atoms with Gasteiger partial charge in [-0.25, -0.2) is 15.8 Å². The monoisotopic (exact) mass is 270 g/mol. The van der Waals surface area contributed by atoms with Crippen molar-refractivity contribution in [3.05, 3.63) is 52.8 Å². The van der Waals surface area contributed by atoms with Crippen molar-refractivity contribution in [2.24, 2.45) is 5.84 Å². The number of benzene rings is 1. The molecule has 2 aromatic heterocycles. The zero-order valence-corrected chi connectivity index (χ0v) is 10.2. The summed E-state index contributed by atoms with van der Waals surface area (Å²) in [4.78, 5) is 18.9. The molecule has 2 heterocycles.